The molecule has 100 valence electrons. The summed E-state index contributed by atoms with van der Waals surface area (Å²) < 4.78 is 0. The van der Waals surface area contributed by atoms with Crippen LogP contribution in [0.1, 0.15) is 12.8 Å². The van der Waals surface area contributed by atoms with Gasteiger partial charge < -0.3 is 14.9 Å². The number of benzene rings is 1. The summed E-state index contributed by atoms with van der Waals surface area (Å²) in [5.74, 6) is 0. The molecule has 1 fully saturated rings. The number of nitrogens with zero attached hydrogens (tertiary/aromatic N) is 2. The summed E-state index contributed by atoms with van der Waals surface area (Å²) >= 11 is 6.29. The van der Waals surface area contributed by atoms with E-state index in [2.05, 4.69) is 22.9 Å². The van der Waals surface area contributed by atoms with Crippen LogP contribution in [0.25, 0.3) is 0 Å². The zero-order valence-corrected chi connectivity index (χ0v) is 11.6. The van der Waals surface area contributed by atoms with Crippen LogP contribution in [0.5, 0.6) is 0 Å². The van der Waals surface area contributed by atoms with E-state index in [1.807, 2.05) is 18.2 Å². The number of hydrogen-bond donors (Lipinski definition) is 1. The molecule has 1 aromatic carbocycles. The Hall–Kier alpha value is -0.770. The molecule has 0 aromatic heterocycles. The normalized spacial score (nSPS) is 21.9. The maximum absolute atomic E-state index is 9.25. The molecule has 1 atom stereocenters. The van der Waals surface area contributed by atoms with Crippen molar-refractivity contribution < 1.29 is 5.11 Å². The molecular formula is C14H21ClN2O. The van der Waals surface area contributed by atoms with Crippen molar-refractivity contribution in [2.24, 2.45) is 0 Å². The van der Waals surface area contributed by atoms with E-state index in [9.17, 15) is 5.11 Å². The second-order valence-electron chi connectivity index (χ2n) is 4.93. The Morgan fingerprint density at radius 3 is 2.83 bits per heavy atom. The lowest BCUT2D eigenvalue weighted by atomic mass is 10.1. The number of aliphatic hydroxyl groups excluding tert-OH is 1. The zero-order chi connectivity index (χ0) is 13.0. The van der Waals surface area contributed by atoms with Crippen LogP contribution in [0, 0.1) is 0 Å². The van der Waals surface area contributed by atoms with E-state index < -0.39 is 0 Å². The number of anilines is 1. The van der Waals surface area contributed by atoms with Crippen LogP contribution >= 0.6 is 11.6 Å². The smallest absolute Gasteiger partial charge is 0.0639 e. The average Bonchev–Trinajstić information content (AvgIpc) is 2.52. The molecule has 0 aliphatic carbocycles. The molecule has 0 radical (unpaired) electrons. The second kappa shape index (κ2) is 6.41. The molecular weight excluding hydrogens is 248 g/mol. The third-order valence-electron chi connectivity index (χ3n) is 3.53. The van der Waals surface area contributed by atoms with E-state index in [1.165, 1.54) is 0 Å². The van der Waals surface area contributed by atoms with Gasteiger partial charge >= 0.3 is 0 Å². The molecule has 0 amide bonds. The Morgan fingerprint density at radius 1 is 1.33 bits per heavy atom. The van der Waals surface area contributed by atoms with Gasteiger partial charge in [-0.2, -0.15) is 0 Å². The van der Waals surface area contributed by atoms with Crippen LogP contribution in [0.3, 0.4) is 0 Å². The van der Waals surface area contributed by atoms with Gasteiger partial charge in [0.25, 0.3) is 0 Å². The van der Waals surface area contributed by atoms with E-state index >= 15 is 0 Å². The topological polar surface area (TPSA) is 26.7 Å². The molecule has 3 nitrogen and oxygen atoms in total. The van der Waals surface area contributed by atoms with Crippen molar-refractivity contribution in [2.45, 2.75) is 18.9 Å². The number of likely N-dealkylation sites (N-methyl/N-ethyl adjacent to an activating group) is 1. The van der Waals surface area contributed by atoms with Crippen LogP contribution in [-0.4, -0.2) is 49.3 Å². The molecule has 1 heterocycles. The lowest BCUT2D eigenvalue weighted by molar-refractivity contribution is 0.253. The van der Waals surface area contributed by atoms with Crippen molar-refractivity contribution in [3.63, 3.8) is 0 Å². The highest BCUT2D eigenvalue weighted by atomic mass is 35.5. The maximum atomic E-state index is 9.25. The predicted molar refractivity (Wildman–Crippen MR) is 76.4 cm³/mol. The molecule has 1 aromatic rings. The van der Waals surface area contributed by atoms with E-state index in [4.69, 9.17) is 11.6 Å². The highest BCUT2D eigenvalue weighted by molar-refractivity contribution is 6.33. The molecule has 1 aliphatic rings. The molecule has 0 saturated carbocycles. The molecule has 0 spiro atoms. The zero-order valence-electron chi connectivity index (χ0n) is 10.8. The van der Waals surface area contributed by atoms with Gasteiger partial charge in [0, 0.05) is 25.7 Å². The molecule has 1 aliphatic heterocycles. The fourth-order valence-electron chi connectivity index (χ4n) is 2.64. The Bertz CT molecular complexity index is 386. The highest BCUT2D eigenvalue weighted by Crippen LogP contribution is 2.29. The van der Waals surface area contributed by atoms with Gasteiger partial charge in [-0.05, 0) is 38.6 Å². The highest BCUT2D eigenvalue weighted by Gasteiger charge is 2.24. The molecule has 18 heavy (non-hydrogen) atoms. The van der Waals surface area contributed by atoms with Crippen LogP contribution < -0.4 is 4.90 Å². The summed E-state index contributed by atoms with van der Waals surface area (Å²) in [5, 5.41) is 10.0. The Balaban J connectivity index is 2.24. The van der Waals surface area contributed by atoms with Crippen molar-refractivity contribution in [1.82, 2.24) is 4.90 Å². The minimum absolute atomic E-state index is 0.222. The minimum Gasteiger partial charge on any atom is -0.396 e. The van der Waals surface area contributed by atoms with Crippen LogP contribution in [-0.2, 0) is 0 Å². The van der Waals surface area contributed by atoms with E-state index in [-0.39, 0.29) is 6.61 Å². The van der Waals surface area contributed by atoms with Gasteiger partial charge in [-0.25, -0.2) is 0 Å². The Labute approximate surface area is 114 Å². The van der Waals surface area contributed by atoms with E-state index in [1.54, 1.807) is 0 Å². The molecule has 1 N–H and O–H groups in total. The monoisotopic (exact) mass is 268 g/mol. The first-order valence-electron chi connectivity index (χ1n) is 6.53. The number of rotatable bonds is 3. The summed E-state index contributed by atoms with van der Waals surface area (Å²) in [4.78, 5) is 4.68. The Kier molecular flexibility index (Phi) is 4.87. The number of hydrogen-bond acceptors (Lipinski definition) is 3. The first-order valence-corrected chi connectivity index (χ1v) is 6.90. The summed E-state index contributed by atoms with van der Waals surface area (Å²) in [6.07, 6.45) is 1.92. The summed E-state index contributed by atoms with van der Waals surface area (Å²) in [5.41, 5.74) is 1.09. The van der Waals surface area contributed by atoms with Crippen molar-refractivity contribution in [3.8, 4) is 0 Å². The number of aliphatic hydroxyl groups is 1. The molecule has 2 rings (SSSR count). The lowest BCUT2D eigenvalue weighted by Crippen LogP contribution is -2.41. The van der Waals surface area contributed by atoms with E-state index in [0.29, 0.717) is 6.04 Å². The van der Waals surface area contributed by atoms with Gasteiger partial charge in [-0.15, -0.1) is 0 Å². The van der Waals surface area contributed by atoms with Crippen LogP contribution in [0.2, 0.25) is 5.02 Å². The SMILES string of the molecule is CN1CCCN(c2ccccc2Cl)C(CCO)C1. The van der Waals surface area contributed by atoms with Gasteiger partial charge in [0.2, 0.25) is 0 Å². The van der Waals surface area contributed by atoms with E-state index in [0.717, 1.165) is 43.2 Å². The first-order chi connectivity index (χ1) is 8.72. The number of halogens is 1. The summed E-state index contributed by atoms with van der Waals surface area (Å²) in [6, 6.07) is 8.31. The standard InChI is InChI=1S/C14H21ClN2O/c1-16-8-4-9-17(12(11-16)7-10-18)14-6-3-2-5-13(14)15/h2-3,5-6,12,18H,4,7-11H2,1H3. The van der Waals surface area contributed by atoms with Gasteiger partial charge in [0.1, 0.15) is 0 Å². The van der Waals surface area contributed by atoms with Gasteiger partial charge in [0.15, 0.2) is 0 Å². The Morgan fingerprint density at radius 2 is 2.11 bits per heavy atom. The van der Waals surface area contributed by atoms with Gasteiger partial charge in [-0.3, -0.25) is 0 Å². The number of para-hydroxylation sites is 1. The fraction of sp³-hybridized carbons (Fsp3) is 0.571. The van der Waals surface area contributed by atoms with Gasteiger partial charge in [0.05, 0.1) is 10.7 Å². The van der Waals surface area contributed by atoms with Crippen molar-refractivity contribution in [1.29, 1.82) is 0 Å². The minimum atomic E-state index is 0.222. The molecule has 1 unspecified atom stereocenters. The predicted octanol–water partition coefficient (Wildman–Crippen LogP) is 2.23. The van der Waals surface area contributed by atoms with Crippen molar-refractivity contribution in [2.75, 3.05) is 38.2 Å². The molecule has 0 bridgehead atoms. The maximum Gasteiger partial charge on any atom is 0.0639 e. The second-order valence-corrected chi connectivity index (χ2v) is 5.33. The first kappa shape index (κ1) is 13.7. The third kappa shape index (κ3) is 3.16. The quantitative estimate of drug-likeness (QED) is 0.911. The molecule has 4 heteroatoms. The average molecular weight is 269 g/mol. The van der Waals surface area contributed by atoms with Gasteiger partial charge in [-0.1, -0.05) is 23.7 Å². The fourth-order valence-corrected chi connectivity index (χ4v) is 2.89. The largest absolute Gasteiger partial charge is 0.396 e. The summed E-state index contributed by atoms with van der Waals surface area (Å²) in [7, 11) is 2.14. The van der Waals surface area contributed by atoms with Crippen LogP contribution in [0.4, 0.5) is 5.69 Å². The van der Waals surface area contributed by atoms with Crippen molar-refractivity contribution in [3.05, 3.63) is 29.3 Å². The summed E-state index contributed by atoms with van der Waals surface area (Å²) in [6.45, 7) is 3.30. The van der Waals surface area contributed by atoms with Crippen LogP contribution in [0.15, 0.2) is 24.3 Å². The van der Waals surface area contributed by atoms with Crippen molar-refractivity contribution >= 4 is 17.3 Å². The lowest BCUT2D eigenvalue weighted by Gasteiger charge is -2.33. The molecule has 1 saturated heterocycles. The third-order valence-corrected chi connectivity index (χ3v) is 3.85.